The molecule has 5 nitrogen and oxygen atoms in total. The monoisotopic (exact) mass is 301 g/mol. The molecule has 0 aromatic carbocycles. The Balaban J connectivity index is 1.59. The number of aromatic amines is 1. The Morgan fingerprint density at radius 3 is 3.05 bits per heavy atom. The van der Waals surface area contributed by atoms with E-state index in [1.807, 2.05) is 17.1 Å². The molecule has 21 heavy (non-hydrogen) atoms. The molecule has 6 heteroatoms. The quantitative estimate of drug-likeness (QED) is 0.736. The highest BCUT2D eigenvalue weighted by Gasteiger charge is 2.10. The van der Waals surface area contributed by atoms with Gasteiger partial charge in [-0.25, -0.2) is 0 Å². The van der Waals surface area contributed by atoms with Crippen molar-refractivity contribution < 1.29 is 0 Å². The third-order valence-corrected chi connectivity index (χ3v) is 4.24. The summed E-state index contributed by atoms with van der Waals surface area (Å²) in [6.45, 7) is 5.88. The molecule has 0 radical (unpaired) electrons. The molecule has 110 valence electrons. The van der Waals surface area contributed by atoms with Crippen molar-refractivity contribution in [2.45, 2.75) is 33.0 Å². The number of thiophene rings is 1. The summed E-state index contributed by atoms with van der Waals surface area (Å²) >= 11 is 1.72. The highest BCUT2D eigenvalue weighted by molar-refractivity contribution is 7.13. The Morgan fingerprint density at radius 1 is 1.43 bits per heavy atom. The fourth-order valence-electron chi connectivity index (χ4n) is 2.28. The largest absolute Gasteiger partial charge is 0.308 e. The van der Waals surface area contributed by atoms with E-state index in [0.717, 1.165) is 18.8 Å². The molecule has 1 atom stereocenters. The molecule has 3 aromatic heterocycles. The Labute approximate surface area is 128 Å². The van der Waals surface area contributed by atoms with Crippen LogP contribution in [0.5, 0.6) is 0 Å². The van der Waals surface area contributed by atoms with E-state index in [1.54, 1.807) is 11.3 Å². The van der Waals surface area contributed by atoms with E-state index in [-0.39, 0.29) is 0 Å². The van der Waals surface area contributed by atoms with E-state index in [4.69, 9.17) is 0 Å². The van der Waals surface area contributed by atoms with Crippen LogP contribution < -0.4 is 5.32 Å². The summed E-state index contributed by atoms with van der Waals surface area (Å²) in [7, 11) is 0. The molecule has 0 fully saturated rings. The maximum absolute atomic E-state index is 4.32. The van der Waals surface area contributed by atoms with Crippen molar-refractivity contribution in [2.75, 3.05) is 0 Å². The van der Waals surface area contributed by atoms with E-state index in [2.05, 4.69) is 58.2 Å². The minimum atomic E-state index is 0.343. The number of H-pyrrole nitrogens is 1. The topological polar surface area (TPSA) is 58.5 Å². The van der Waals surface area contributed by atoms with Gasteiger partial charge < -0.3 is 5.32 Å². The van der Waals surface area contributed by atoms with Crippen LogP contribution >= 0.6 is 11.3 Å². The molecule has 0 aliphatic carbocycles. The second-order valence-corrected chi connectivity index (χ2v) is 6.22. The number of aromatic nitrogens is 4. The average molecular weight is 301 g/mol. The number of nitrogens with one attached hydrogen (secondary N) is 2. The van der Waals surface area contributed by atoms with Gasteiger partial charge in [-0.05, 0) is 30.9 Å². The van der Waals surface area contributed by atoms with Crippen molar-refractivity contribution in [3.05, 3.63) is 47.2 Å². The van der Waals surface area contributed by atoms with Crippen LogP contribution in [0.4, 0.5) is 0 Å². The molecule has 0 saturated carbocycles. The Bertz CT molecular complexity index is 683. The van der Waals surface area contributed by atoms with E-state index in [0.29, 0.717) is 6.04 Å². The molecular weight excluding hydrogens is 282 g/mol. The summed E-state index contributed by atoms with van der Waals surface area (Å²) in [5.74, 6) is 0. The second kappa shape index (κ2) is 6.24. The molecule has 0 aliphatic rings. The normalized spacial score (nSPS) is 12.7. The molecule has 0 aliphatic heterocycles. The average Bonchev–Trinajstić information content (AvgIpc) is 3.16. The zero-order valence-corrected chi connectivity index (χ0v) is 13.0. The van der Waals surface area contributed by atoms with Crippen LogP contribution in [0.2, 0.25) is 0 Å². The first-order valence-corrected chi connectivity index (χ1v) is 7.89. The van der Waals surface area contributed by atoms with Crippen molar-refractivity contribution in [1.82, 2.24) is 25.3 Å². The molecule has 0 bridgehead atoms. The maximum atomic E-state index is 4.32. The SMILES string of the molecule is Cc1cnn(C[C@@H](C)NCc2cn[nH]c2-c2cccs2)c1. The predicted octanol–water partition coefficient (Wildman–Crippen LogP) is 2.82. The van der Waals surface area contributed by atoms with Crippen molar-refractivity contribution in [2.24, 2.45) is 0 Å². The van der Waals surface area contributed by atoms with Gasteiger partial charge in [0.05, 0.1) is 29.5 Å². The van der Waals surface area contributed by atoms with E-state index in [1.165, 1.54) is 16.0 Å². The standard InChI is InChI=1S/C15H19N5S/c1-11-6-18-20(9-11)10-12(2)16-7-13-8-17-19-15(13)14-4-3-5-21-14/h3-6,8-9,12,16H,7,10H2,1-2H3,(H,17,19)/t12-/m1/s1. The molecule has 2 N–H and O–H groups in total. The molecule has 0 spiro atoms. The van der Waals surface area contributed by atoms with Crippen LogP contribution in [-0.2, 0) is 13.1 Å². The van der Waals surface area contributed by atoms with Crippen molar-refractivity contribution in [3.8, 4) is 10.6 Å². The fourth-order valence-corrected chi connectivity index (χ4v) is 3.03. The molecule has 0 amide bonds. The maximum Gasteiger partial charge on any atom is 0.0794 e. The van der Waals surface area contributed by atoms with E-state index < -0.39 is 0 Å². The highest BCUT2D eigenvalue weighted by Crippen LogP contribution is 2.25. The summed E-state index contributed by atoms with van der Waals surface area (Å²) in [4.78, 5) is 1.22. The lowest BCUT2D eigenvalue weighted by Crippen LogP contribution is -2.30. The number of nitrogens with zero attached hydrogens (tertiary/aromatic N) is 3. The first-order valence-electron chi connectivity index (χ1n) is 7.01. The van der Waals surface area contributed by atoms with Gasteiger partial charge in [0.1, 0.15) is 0 Å². The minimum Gasteiger partial charge on any atom is -0.308 e. The number of aryl methyl sites for hydroxylation is 1. The second-order valence-electron chi connectivity index (χ2n) is 5.27. The first kappa shape index (κ1) is 14.0. The van der Waals surface area contributed by atoms with Gasteiger partial charge in [0, 0.05) is 24.3 Å². The lowest BCUT2D eigenvalue weighted by Gasteiger charge is -2.13. The third kappa shape index (κ3) is 3.40. The zero-order chi connectivity index (χ0) is 14.7. The van der Waals surface area contributed by atoms with Crippen LogP contribution in [0.15, 0.2) is 36.1 Å². The molecule has 0 unspecified atom stereocenters. The van der Waals surface area contributed by atoms with Crippen molar-refractivity contribution in [1.29, 1.82) is 0 Å². The van der Waals surface area contributed by atoms with Gasteiger partial charge in [-0.2, -0.15) is 10.2 Å². The third-order valence-electron chi connectivity index (χ3n) is 3.35. The van der Waals surface area contributed by atoms with Crippen molar-refractivity contribution >= 4 is 11.3 Å². The lowest BCUT2D eigenvalue weighted by molar-refractivity contribution is 0.451. The van der Waals surface area contributed by atoms with Gasteiger partial charge >= 0.3 is 0 Å². The van der Waals surface area contributed by atoms with Crippen molar-refractivity contribution in [3.63, 3.8) is 0 Å². The highest BCUT2D eigenvalue weighted by atomic mass is 32.1. The lowest BCUT2D eigenvalue weighted by atomic mass is 10.2. The van der Waals surface area contributed by atoms with Gasteiger partial charge in [0.15, 0.2) is 0 Å². The summed E-state index contributed by atoms with van der Waals surface area (Å²) in [5.41, 5.74) is 3.50. The van der Waals surface area contributed by atoms with Gasteiger partial charge in [-0.15, -0.1) is 11.3 Å². The first-order chi connectivity index (χ1) is 10.2. The van der Waals surface area contributed by atoms with Crippen LogP contribution in [0.1, 0.15) is 18.1 Å². The van der Waals surface area contributed by atoms with Crippen LogP contribution in [-0.4, -0.2) is 26.0 Å². The molecule has 3 rings (SSSR count). The summed E-state index contributed by atoms with van der Waals surface area (Å²) in [6.07, 6.45) is 5.84. The van der Waals surface area contributed by atoms with Gasteiger partial charge in [0.25, 0.3) is 0 Å². The number of hydrogen-bond donors (Lipinski definition) is 2. The summed E-state index contributed by atoms with van der Waals surface area (Å²) in [5, 5.41) is 17.2. The smallest absolute Gasteiger partial charge is 0.0794 e. The van der Waals surface area contributed by atoms with Gasteiger partial charge in [0.2, 0.25) is 0 Å². The van der Waals surface area contributed by atoms with Crippen LogP contribution in [0, 0.1) is 6.92 Å². The number of hydrogen-bond acceptors (Lipinski definition) is 4. The molecule has 0 saturated heterocycles. The van der Waals surface area contributed by atoms with E-state index in [9.17, 15) is 0 Å². The molecule has 3 heterocycles. The van der Waals surface area contributed by atoms with Gasteiger partial charge in [-0.3, -0.25) is 9.78 Å². The minimum absolute atomic E-state index is 0.343. The molecule has 3 aromatic rings. The Kier molecular flexibility index (Phi) is 4.17. The predicted molar refractivity (Wildman–Crippen MR) is 85.2 cm³/mol. The summed E-state index contributed by atoms with van der Waals surface area (Å²) in [6, 6.07) is 4.51. The zero-order valence-electron chi connectivity index (χ0n) is 12.2. The van der Waals surface area contributed by atoms with Gasteiger partial charge in [-0.1, -0.05) is 6.07 Å². The van der Waals surface area contributed by atoms with Crippen LogP contribution in [0.25, 0.3) is 10.6 Å². The Morgan fingerprint density at radius 2 is 2.33 bits per heavy atom. The van der Waals surface area contributed by atoms with E-state index >= 15 is 0 Å². The number of rotatable bonds is 6. The Hall–Kier alpha value is -1.92. The van der Waals surface area contributed by atoms with Crippen LogP contribution in [0.3, 0.4) is 0 Å². The fraction of sp³-hybridized carbons (Fsp3) is 0.333. The molecular formula is C15H19N5S. The summed E-state index contributed by atoms with van der Waals surface area (Å²) < 4.78 is 1.97.